The van der Waals surface area contributed by atoms with Gasteiger partial charge in [0.15, 0.2) is 11.5 Å². The van der Waals surface area contributed by atoms with Crippen molar-refractivity contribution in [1.82, 2.24) is 10.3 Å². The number of rotatable bonds is 5. The summed E-state index contributed by atoms with van der Waals surface area (Å²) < 4.78 is 16.5. The molecule has 0 amide bonds. The third-order valence-electron chi connectivity index (χ3n) is 4.68. The van der Waals surface area contributed by atoms with E-state index in [4.69, 9.17) is 14.2 Å². The molecule has 0 saturated carbocycles. The second-order valence-electron chi connectivity index (χ2n) is 6.14. The first-order chi connectivity index (χ1) is 11.8. The van der Waals surface area contributed by atoms with Gasteiger partial charge >= 0.3 is 0 Å². The highest BCUT2D eigenvalue weighted by Crippen LogP contribution is 2.35. The number of piperazine rings is 1. The number of anilines is 1. The van der Waals surface area contributed by atoms with Crippen molar-refractivity contribution < 1.29 is 14.2 Å². The van der Waals surface area contributed by atoms with E-state index in [0.29, 0.717) is 29.3 Å². The Morgan fingerprint density at radius 3 is 2.67 bits per heavy atom. The molecule has 2 atom stereocenters. The minimum atomic E-state index is 0.563. The van der Waals surface area contributed by atoms with E-state index in [1.165, 1.54) is 6.42 Å². The molecular weight excluding hydrogens is 306 g/mol. The first-order valence-electron chi connectivity index (χ1n) is 8.12. The molecule has 3 heterocycles. The van der Waals surface area contributed by atoms with E-state index in [0.717, 1.165) is 24.5 Å². The van der Waals surface area contributed by atoms with Crippen LogP contribution in [0.3, 0.4) is 0 Å². The molecule has 1 aromatic carbocycles. The zero-order chi connectivity index (χ0) is 16.5. The van der Waals surface area contributed by atoms with Crippen molar-refractivity contribution in [3.05, 3.63) is 36.7 Å². The molecule has 2 aliphatic heterocycles. The average Bonchev–Trinajstić information content (AvgIpc) is 3.25. The number of hydrogen-bond acceptors (Lipinski definition) is 6. The Bertz CT molecular complexity index is 737. The van der Waals surface area contributed by atoms with E-state index in [9.17, 15) is 0 Å². The summed E-state index contributed by atoms with van der Waals surface area (Å²) in [6.45, 7) is 2.08. The Morgan fingerprint density at radius 2 is 1.96 bits per heavy atom. The maximum absolute atomic E-state index is 5.96. The number of methoxy groups -OCH3 is 2. The number of hydrogen-bond donors (Lipinski definition) is 1. The Labute approximate surface area is 141 Å². The third-order valence-corrected chi connectivity index (χ3v) is 4.68. The fourth-order valence-electron chi connectivity index (χ4n) is 3.51. The topological polar surface area (TPSA) is 55.9 Å². The molecule has 2 aliphatic rings. The van der Waals surface area contributed by atoms with Crippen LogP contribution in [0.2, 0.25) is 0 Å². The highest BCUT2D eigenvalue weighted by molar-refractivity contribution is 5.53. The summed E-state index contributed by atoms with van der Waals surface area (Å²) >= 11 is 0. The molecule has 2 bridgehead atoms. The normalized spacial score (nSPS) is 21.8. The lowest BCUT2D eigenvalue weighted by Gasteiger charge is -2.29. The molecular formula is C18H21N3O3. The smallest absolute Gasteiger partial charge is 0.164 e. The monoisotopic (exact) mass is 327 g/mol. The van der Waals surface area contributed by atoms with Crippen molar-refractivity contribution in [3.63, 3.8) is 0 Å². The van der Waals surface area contributed by atoms with Crippen LogP contribution in [0.5, 0.6) is 23.0 Å². The number of nitrogens with one attached hydrogen (secondary N) is 1. The number of benzene rings is 1. The molecule has 126 valence electrons. The maximum atomic E-state index is 5.96. The van der Waals surface area contributed by atoms with Gasteiger partial charge in [0.2, 0.25) is 0 Å². The van der Waals surface area contributed by atoms with Gasteiger partial charge in [-0.25, -0.2) is 0 Å². The molecule has 6 heteroatoms. The van der Waals surface area contributed by atoms with Crippen molar-refractivity contribution in [1.29, 1.82) is 0 Å². The summed E-state index contributed by atoms with van der Waals surface area (Å²) in [5, 5.41) is 3.51. The van der Waals surface area contributed by atoms with Crippen LogP contribution in [0.4, 0.5) is 5.69 Å². The Kier molecular flexibility index (Phi) is 3.90. The molecule has 0 unspecified atom stereocenters. The van der Waals surface area contributed by atoms with Crippen LogP contribution in [-0.4, -0.2) is 44.4 Å². The summed E-state index contributed by atoms with van der Waals surface area (Å²) in [6.07, 6.45) is 4.84. The van der Waals surface area contributed by atoms with Crippen molar-refractivity contribution in [2.75, 3.05) is 32.2 Å². The highest BCUT2D eigenvalue weighted by Gasteiger charge is 2.37. The number of ether oxygens (including phenoxy) is 3. The van der Waals surface area contributed by atoms with Crippen molar-refractivity contribution in [3.8, 4) is 23.0 Å². The molecule has 0 aliphatic carbocycles. The lowest BCUT2D eigenvalue weighted by Crippen LogP contribution is -2.43. The van der Waals surface area contributed by atoms with Gasteiger partial charge in [-0.15, -0.1) is 0 Å². The van der Waals surface area contributed by atoms with Gasteiger partial charge in [-0.05, 0) is 18.6 Å². The minimum Gasteiger partial charge on any atom is -0.493 e. The zero-order valence-corrected chi connectivity index (χ0v) is 13.9. The summed E-state index contributed by atoms with van der Waals surface area (Å²) in [6, 6.07) is 8.71. The number of aromatic nitrogens is 1. The van der Waals surface area contributed by atoms with Crippen LogP contribution < -0.4 is 24.4 Å². The van der Waals surface area contributed by atoms with Crippen molar-refractivity contribution in [2.45, 2.75) is 18.5 Å². The van der Waals surface area contributed by atoms with Crippen LogP contribution in [0.1, 0.15) is 6.42 Å². The van der Waals surface area contributed by atoms with E-state index in [1.807, 2.05) is 30.5 Å². The Balaban J connectivity index is 1.54. The minimum absolute atomic E-state index is 0.563. The number of nitrogens with zero attached hydrogens (tertiary/aromatic N) is 2. The van der Waals surface area contributed by atoms with Gasteiger partial charge < -0.3 is 24.4 Å². The van der Waals surface area contributed by atoms with Gasteiger partial charge in [0, 0.05) is 37.3 Å². The van der Waals surface area contributed by atoms with Crippen molar-refractivity contribution in [2.24, 2.45) is 0 Å². The van der Waals surface area contributed by atoms with Crippen LogP contribution in [0.15, 0.2) is 36.7 Å². The number of fused-ring (bicyclic) bond motifs is 2. The van der Waals surface area contributed by atoms with Crippen molar-refractivity contribution >= 4 is 5.69 Å². The van der Waals surface area contributed by atoms with E-state index < -0.39 is 0 Å². The van der Waals surface area contributed by atoms with Gasteiger partial charge in [0.1, 0.15) is 11.5 Å². The lowest BCUT2D eigenvalue weighted by molar-refractivity contribution is 0.352. The third kappa shape index (κ3) is 2.73. The van der Waals surface area contributed by atoms with Gasteiger partial charge in [0.05, 0.1) is 32.3 Å². The molecule has 6 nitrogen and oxygen atoms in total. The molecule has 24 heavy (non-hydrogen) atoms. The van der Waals surface area contributed by atoms with E-state index >= 15 is 0 Å². The zero-order valence-electron chi connectivity index (χ0n) is 13.9. The van der Waals surface area contributed by atoms with Gasteiger partial charge in [0.25, 0.3) is 0 Å². The first kappa shape index (κ1) is 15.1. The van der Waals surface area contributed by atoms with Gasteiger partial charge in [-0.1, -0.05) is 0 Å². The van der Waals surface area contributed by atoms with Crippen LogP contribution in [-0.2, 0) is 0 Å². The van der Waals surface area contributed by atoms with Gasteiger partial charge in [-0.3, -0.25) is 4.98 Å². The van der Waals surface area contributed by atoms with Crippen LogP contribution in [0.25, 0.3) is 0 Å². The van der Waals surface area contributed by atoms with Gasteiger partial charge in [-0.2, -0.15) is 0 Å². The summed E-state index contributed by atoms with van der Waals surface area (Å²) in [7, 11) is 3.23. The SMILES string of the molecule is COc1ccc(Oc2cncc(N3C[C@H]4C[C@@H]3CN4)c2)cc1OC. The highest BCUT2D eigenvalue weighted by atomic mass is 16.5. The largest absolute Gasteiger partial charge is 0.493 e. The van der Waals surface area contributed by atoms with E-state index in [2.05, 4.69) is 15.2 Å². The average molecular weight is 327 g/mol. The predicted molar refractivity (Wildman–Crippen MR) is 91.4 cm³/mol. The summed E-state index contributed by atoms with van der Waals surface area (Å²) in [5.41, 5.74) is 1.11. The Hall–Kier alpha value is -2.47. The quantitative estimate of drug-likeness (QED) is 0.910. The maximum Gasteiger partial charge on any atom is 0.164 e. The molecule has 0 radical (unpaired) electrons. The van der Waals surface area contributed by atoms with Crippen LogP contribution in [0, 0.1) is 0 Å². The van der Waals surface area contributed by atoms with Crippen LogP contribution >= 0.6 is 0 Å². The molecule has 2 fully saturated rings. The predicted octanol–water partition coefficient (Wildman–Crippen LogP) is 2.44. The number of pyridine rings is 1. The molecule has 2 aromatic rings. The fraction of sp³-hybridized carbons (Fsp3) is 0.389. The summed E-state index contributed by atoms with van der Waals surface area (Å²) in [4.78, 5) is 6.75. The molecule has 4 rings (SSSR count). The Morgan fingerprint density at radius 1 is 1.08 bits per heavy atom. The fourth-order valence-corrected chi connectivity index (χ4v) is 3.51. The van der Waals surface area contributed by atoms with E-state index in [-0.39, 0.29) is 0 Å². The lowest BCUT2D eigenvalue weighted by atomic mass is 10.2. The molecule has 1 aromatic heterocycles. The second-order valence-corrected chi connectivity index (χ2v) is 6.14. The first-order valence-corrected chi connectivity index (χ1v) is 8.12. The van der Waals surface area contributed by atoms with E-state index in [1.54, 1.807) is 20.4 Å². The molecule has 0 spiro atoms. The standard InChI is InChI=1S/C18H21N3O3/c1-22-17-4-3-15(7-18(17)23-2)24-16-6-14(8-19-10-16)21-11-12-5-13(21)9-20-12/h3-4,6-8,10,12-13,20H,5,9,11H2,1-2H3/t12-,13-/m1/s1. The molecule has 2 saturated heterocycles. The summed E-state index contributed by atoms with van der Waals surface area (Å²) in [5.74, 6) is 2.73. The molecule has 1 N–H and O–H groups in total. The second kappa shape index (κ2) is 6.20.